The van der Waals surface area contributed by atoms with Crippen molar-refractivity contribution < 1.29 is 13.5 Å². The highest BCUT2D eigenvalue weighted by Gasteiger charge is 2.38. The van der Waals surface area contributed by atoms with E-state index in [2.05, 4.69) is 25.9 Å². The minimum Gasteiger partial charge on any atom is -0.383 e. The highest BCUT2D eigenvalue weighted by Crippen LogP contribution is 2.37. The van der Waals surface area contributed by atoms with Crippen LogP contribution in [0, 0.1) is 0 Å². The number of nitrogens with zero attached hydrogens (tertiary/aromatic N) is 3. The largest absolute Gasteiger partial charge is 0.383 e. The van der Waals surface area contributed by atoms with E-state index in [1.165, 1.54) is 6.07 Å². The summed E-state index contributed by atoms with van der Waals surface area (Å²) in [5.41, 5.74) is 7.58. The number of piperidine rings is 1. The minimum absolute atomic E-state index is 0.125. The van der Waals surface area contributed by atoms with E-state index in [0.29, 0.717) is 30.6 Å². The fourth-order valence-electron chi connectivity index (χ4n) is 3.77. The summed E-state index contributed by atoms with van der Waals surface area (Å²) >= 11 is 0. The fourth-order valence-corrected chi connectivity index (χ4v) is 4.66. The van der Waals surface area contributed by atoms with Gasteiger partial charge in [0.1, 0.15) is 5.60 Å². The predicted octanol–water partition coefficient (Wildman–Crippen LogP) is 0.445. The molecule has 1 aliphatic heterocycles. The second kappa shape index (κ2) is 7.30. The maximum atomic E-state index is 12.3. The van der Waals surface area contributed by atoms with Gasteiger partial charge in [-0.3, -0.25) is 0 Å². The van der Waals surface area contributed by atoms with Crippen LogP contribution in [-0.2, 0) is 15.4 Å². The Morgan fingerprint density at radius 1 is 1.21 bits per heavy atom. The number of aromatic nitrogens is 4. The monoisotopic (exact) mass is 414 g/mol. The Morgan fingerprint density at radius 2 is 1.97 bits per heavy atom. The van der Waals surface area contributed by atoms with Crippen molar-refractivity contribution in [3.8, 4) is 22.5 Å². The van der Waals surface area contributed by atoms with Crippen LogP contribution in [0.25, 0.3) is 22.5 Å². The molecule has 0 radical (unpaired) electrons. The average Bonchev–Trinajstić information content (AvgIpc) is 3.24. The quantitative estimate of drug-likeness (QED) is 0.481. The van der Waals surface area contributed by atoms with Gasteiger partial charge in [-0.1, -0.05) is 36.4 Å². The Hall–Kier alpha value is -2.66. The van der Waals surface area contributed by atoms with Gasteiger partial charge in [0.05, 0.1) is 10.9 Å². The molecule has 2 heterocycles. The summed E-state index contributed by atoms with van der Waals surface area (Å²) in [6.45, 7) is 1.22. The van der Waals surface area contributed by atoms with Gasteiger partial charge in [0.25, 0.3) is 0 Å². The van der Waals surface area contributed by atoms with Crippen LogP contribution < -0.4 is 11.1 Å². The fraction of sp³-hybridized carbons (Fsp3) is 0.316. The van der Waals surface area contributed by atoms with Crippen molar-refractivity contribution in [1.82, 2.24) is 25.9 Å². The van der Waals surface area contributed by atoms with Crippen LogP contribution in [0.15, 0.2) is 47.4 Å². The SMILES string of the molecule is CS(=O)(=O)c1cccc(-c2ccc(C3(O)CCNCC3N)cc2)c1-c1nn[nH]n1. The van der Waals surface area contributed by atoms with Gasteiger partial charge in [-0.15, -0.1) is 10.2 Å². The van der Waals surface area contributed by atoms with E-state index in [1.54, 1.807) is 12.1 Å². The number of tetrazole rings is 1. The first-order chi connectivity index (χ1) is 13.8. The van der Waals surface area contributed by atoms with E-state index in [9.17, 15) is 13.5 Å². The van der Waals surface area contributed by atoms with Crippen LogP contribution in [0.2, 0.25) is 0 Å². The molecule has 152 valence electrons. The maximum Gasteiger partial charge on any atom is 0.206 e. The van der Waals surface area contributed by atoms with Crippen LogP contribution in [-0.4, -0.2) is 59.5 Å². The van der Waals surface area contributed by atoms with Crippen LogP contribution in [0.3, 0.4) is 0 Å². The number of nitrogens with one attached hydrogen (secondary N) is 2. The Kier molecular flexibility index (Phi) is 4.95. The van der Waals surface area contributed by atoms with Gasteiger partial charge in [0, 0.05) is 18.4 Å². The smallest absolute Gasteiger partial charge is 0.206 e. The van der Waals surface area contributed by atoms with Crippen LogP contribution in [0.1, 0.15) is 12.0 Å². The Bertz CT molecular complexity index is 1120. The predicted molar refractivity (Wildman–Crippen MR) is 108 cm³/mol. The van der Waals surface area contributed by atoms with Crippen LogP contribution >= 0.6 is 0 Å². The molecular formula is C19H22N6O3S. The second-order valence-electron chi connectivity index (χ2n) is 7.25. The van der Waals surface area contributed by atoms with Crippen LogP contribution in [0.5, 0.6) is 0 Å². The number of rotatable bonds is 4. The number of nitrogens with two attached hydrogens (primary N) is 1. The molecule has 2 atom stereocenters. The number of hydrogen-bond acceptors (Lipinski definition) is 8. The van der Waals surface area contributed by atoms with Crippen molar-refractivity contribution in [2.24, 2.45) is 5.73 Å². The first-order valence-electron chi connectivity index (χ1n) is 9.17. The zero-order chi connectivity index (χ0) is 20.6. The lowest BCUT2D eigenvalue weighted by atomic mass is 9.81. The minimum atomic E-state index is -3.52. The molecule has 0 saturated carbocycles. The molecule has 0 amide bonds. The molecule has 1 fully saturated rings. The summed E-state index contributed by atoms with van der Waals surface area (Å²) in [4.78, 5) is 0.125. The summed E-state index contributed by atoms with van der Waals surface area (Å²) in [7, 11) is -3.52. The lowest BCUT2D eigenvalue weighted by Gasteiger charge is -2.38. The molecule has 10 heteroatoms. The van der Waals surface area contributed by atoms with E-state index < -0.39 is 21.5 Å². The van der Waals surface area contributed by atoms with E-state index >= 15 is 0 Å². The Morgan fingerprint density at radius 3 is 2.59 bits per heavy atom. The molecule has 1 aliphatic rings. The zero-order valence-electron chi connectivity index (χ0n) is 15.8. The van der Waals surface area contributed by atoms with Gasteiger partial charge in [0.2, 0.25) is 5.82 Å². The van der Waals surface area contributed by atoms with E-state index in [0.717, 1.165) is 17.4 Å². The Labute approximate surface area is 168 Å². The number of aromatic amines is 1. The first kappa shape index (κ1) is 19.6. The summed E-state index contributed by atoms with van der Waals surface area (Å²) < 4.78 is 24.7. The number of benzene rings is 2. The molecule has 3 aromatic rings. The van der Waals surface area contributed by atoms with Gasteiger partial charge in [-0.05, 0) is 40.9 Å². The highest BCUT2D eigenvalue weighted by molar-refractivity contribution is 7.90. The molecule has 4 rings (SSSR count). The van der Waals surface area contributed by atoms with Crippen molar-refractivity contribution in [2.75, 3.05) is 19.3 Å². The van der Waals surface area contributed by atoms with Gasteiger partial charge in [-0.25, -0.2) is 8.42 Å². The van der Waals surface area contributed by atoms with Crippen LogP contribution in [0.4, 0.5) is 0 Å². The maximum absolute atomic E-state index is 12.3. The van der Waals surface area contributed by atoms with Gasteiger partial charge < -0.3 is 16.2 Å². The van der Waals surface area contributed by atoms with Crippen molar-refractivity contribution in [3.05, 3.63) is 48.0 Å². The van der Waals surface area contributed by atoms with E-state index in [-0.39, 0.29) is 10.7 Å². The third kappa shape index (κ3) is 3.55. The van der Waals surface area contributed by atoms with E-state index in [4.69, 9.17) is 5.73 Å². The molecule has 5 N–H and O–H groups in total. The standard InChI is InChI=1S/C19H22N6O3S/c1-29(27,28)15-4-2-3-14(17(15)18-22-24-25-23-18)12-5-7-13(8-6-12)19(26)9-10-21-11-16(19)20/h2-8,16,21,26H,9-11,20H2,1H3,(H,22,23,24,25). The molecule has 1 saturated heterocycles. The molecular weight excluding hydrogens is 392 g/mol. The number of aliphatic hydroxyl groups is 1. The molecule has 0 aliphatic carbocycles. The lowest BCUT2D eigenvalue weighted by Crippen LogP contribution is -2.56. The first-order valence-corrected chi connectivity index (χ1v) is 11.1. The van der Waals surface area contributed by atoms with Gasteiger partial charge in [-0.2, -0.15) is 5.21 Å². The van der Waals surface area contributed by atoms with Crippen molar-refractivity contribution >= 4 is 9.84 Å². The summed E-state index contributed by atoms with van der Waals surface area (Å²) in [5, 5.41) is 28.1. The molecule has 0 spiro atoms. The molecule has 0 bridgehead atoms. The summed E-state index contributed by atoms with van der Waals surface area (Å²) in [5.74, 6) is 0.198. The summed E-state index contributed by atoms with van der Waals surface area (Å²) in [6.07, 6.45) is 1.66. The third-order valence-corrected chi connectivity index (χ3v) is 6.49. The third-order valence-electron chi connectivity index (χ3n) is 5.35. The Balaban J connectivity index is 1.82. The average molecular weight is 414 g/mol. The topological polar surface area (TPSA) is 147 Å². The lowest BCUT2D eigenvalue weighted by molar-refractivity contribution is -0.0123. The second-order valence-corrected chi connectivity index (χ2v) is 9.23. The zero-order valence-corrected chi connectivity index (χ0v) is 16.6. The van der Waals surface area contributed by atoms with Crippen molar-refractivity contribution in [3.63, 3.8) is 0 Å². The normalized spacial score (nSPS) is 22.5. The van der Waals surface area contributed by atoms with Gasteiger partial charge >= 0.3 is 0 Å². The number of hydrogen-bond donors (Lipinski definition) is 4. The van der Waals surface area contributed by atoms with Gasteiger partial charge in [0.15, 0.2) is 9.84 Å². The molecule has 2 aromatic carbocycles. The van der Waals surface area contributed by atoms with Crippen molar-refractivity contribution in [1.29, 1.82) is 0 Å². The number of sulfone groups is 1. The van der Waals surface area contributed by atoms with E-state index in [1.807, 2.05) is 24.3 Å². The molecule has 2 unspecified atom stereocenters. The molecule has 1 aromatic heterocycles. The summed E-state index contributed by atoms with van der Waals surface area (Å²) in [6, 6.07) is 11.9. The number of H-pyrrole nitrogens is 1. The highest BCUT2D eigenvalue weighted by atomic mass is 32.2. The van der Waals surface area contributed by atoms with Crippen molar-refractivity contribution in [2.45, 2.75) is 23.0 Å². The molecule has 29 heavy (non-hydrogen) atoms. The molecule has 9 nitrogen and oxygen atoms in total.